The second-order valence-electron chi connectivity index (χ2n) is 8.98. The van der Waals surface area contributed by atoms with E-state index >= 15 is 0 Å². The molecule has 9 heteroatoms. The van der Waals surface area contributed by atoms with Crippen LogP contribution in [-0.2, 0) is 9.59 Å². The van der Waals surface area contributed by atoms with Gasteiger partial charge in [-0.25, -0.2) is 4.98 Å². The molecule has 35 heavy (non-hydrogen) atoms. The number of ketones is 1. The fourth-order valence-electron chi connectivity index (χ4n) is 4.53. The van der Waals surface area contributed by atoms with Crippen LogP contribution in [0.4, 0.5) is 0 Å². The molecule has 3 heterocycles. The number of pyridine rings is 1. The molecule has 3 aromatic rings. The highest BCUT2D eigenvalue weighted by molar-refractivity contribution is 6.46. The highest BCUT2D eigenvalue weighted by Gasteiger charge is 2.45. The lowest BCUT2D eigenvalue weighted by Crippen LogP contribution is -3.06. The van der Waals surface area contributed by atoms with Crippen molar-refractivity contribution in [3.63, 3.8) is 0 Å². The molecule has 0 radical (unpaired) electrons. The summed E-state index contributed by atoms with van der Waals surface area (Å²) in [5, 5.41) is 14.0. The highest BCUT2D eigenvalue weighted by atomic mass is 16.5. The molecular formula is C26H30N4O5. The van der Waals surface area contributed by atoms with Gasteiger partial charge >= 0.3 is 0 Å². The molecule has 1 aliphatic rings. The number of nitrogens with one attached hydrogen (secondary N) is 1. The Morgan fingerprint density at radius 3 is 2.49 bits per heavy atom. The van der Waals surface area contributed by atoms with Crippen LogP contribution in [0.1, 0.15) is 28.6 Å². The Bertz CT molecular complexity index is 1340. The van der Waals surface area contributed by atoms with E-state index in [0.717, 1.165) is 10.5 Å². The van der Waals surface area contributed by atoms with Crippen molar-refractivity contribution in [1.82, 2.24) is 14.3 Å². The number of likely N-dealkylation sites (tertiary alicyclic amines) is 1. The van der Waals surface area contributed by atoms with Crippen LogP contribution >= 0.6 is 0 Å². The lowest BCUT2D eigenvalue weighted by Gasteiger charge is -2.28. The van der Waals surface area contributed by atoms with Crippen LogP contribution in [0.5, 0.6) is 11.5 Å². The monoisotopic (exact) mass is 478 g/mol. The SMILES string of the molecule is COc1ccc(C2/C(=C(\[O-])c3c(C)nc4c(C)cccn34)C(=O)C(=O)N2CC[NH+](C)C)cc1OC. The van der Waals surface area contributed by atoms with Crippen molar-refractivity contribution in [1.29, 1.82) is 0 Å². The normalized spacial score (nSPS) is 17.6. The van der Waals surface area contributed by atoms with E-state index in [9.17, 15) is 14.7 Å². The summed E-state index contributed by atoms with van der Waals surface area (Å²) in [5.74, 6) is -1.01. The zero-order valence-electron chi connectivity index (χ0n) is 20.8. The first kappa shape index (κ1) is 24.3. The van der Waals surface area contributed by atoms with E-state index in [1.54, 1.807) is 35.7 Å². The van der Waals surface area contributed by atoms with Gasteiger partial charge in [0, 0.05) is 11.8 Å². The van der Waals surface area contributed by atoms with E-state index < -0.39 is 23.5 Å². The molecule has 4 rings (SSSR count). The molecule has 0 saturated carbocycles. The van der Waals surface area contributed by atoms with Crippen LogP contribution in [-0.4, -0.2) is 67.4 Å². The number of aromatic nitrogens is 2. The predicted octanol–water partition coefficient (Wildman–Crippen LogP) is 0.337. The summed E-state index contributed by atoms with van der Waals surface area (Å²) in [4.78, 5) is 33.7. The van der Waals surface area contributed by atoms with Crippen molar-refractivity contribution in [3.05, 3.63) is 64.6 Å². The molecule has 1 N–H and O–H groups in total. The predicted molar refractivity (Wildman–Crippen MR) is 128 cm³/mol. The van der Waals surface area contributed by atoms with Crippen molar-refractivity contribution >= 4 is 23.1 Å². The van der Waals surface area contributed by atoms with Crippen LogP contribution in [0.25, 0.3) is 11.4 Å². The summed E-state index contributed by atoms with van der Waals surface area (Å²) in [6.45, 7) is 4.57. The fourth-order valence-corrected chi connectivity index (χ4v) is 4.53. The maximum Gasteiger partial charge on any atom is 0.295 e. The number of quaternary nitrogens is 1. The molecule has 0 aliphatic carbocycles. The van der Waals surface area contributed by atoms with Gasteiger partial charge in [-0.15, -0.1) is 0 Å². The Kier molecular flexibility index (Phi) is 6.53. The Morgan fingerprint density at radius 1 is 1.11 bits per heavy atom. The van der Waals surface area contributed by atoms with Crippen LogP contribution in [0.2, 0.25) is 0 Å². The minimum absolute atomic E-state index is 0.0811. The molecule has 1 amide bonds. The Balaban J connectivity index is 1.96. The number of rotatable bonds is 7. The quantitative estimate of drug-likeness (QED) is 0.299. The third-order valence-corrected chi connectivity index (χ3v) is 6.34. The topological polar surface area (TPSA) is 101 Å². The largest absolute Gasteiger partial charge is 0.871 e. The van der Waals surface area contributed by atoms with Crippen LogP contribution < -0.4 is 19.5 Å². The molecule has 2 aromatic heterocycles. The van der Waals surface area contributed by atoms with Gasteiger partial charge in [0.2, 0.25) is 5.78 Å². The molecule has 1 unspecified atom stereocenters. The second-order valence-corrected chi connectivity index (χ2v) is 8.98. The number of hydrogen-bond donors (Lipinski definition) is 1. The summed E-state index contributed by atoms with van der Waals surface area (Å²) >= 11 is 0. The molecule has 0 bridgehead atoms. The minimum Gasteiger partial charge on any atom is -0.871 e. The highest BCUT2D eigenvalue weighted by Crippen LogP contribution is 2.41. The number of imidazole rings is 1. The van der Waals surface area contributed by atoms with E-state index in [0.29, 0.717) is 41.5 Å². The minimum atomic E-state index is -0.851. The molecule has 9 nitrogen and oxygen atoms in total. The number of methoxy groups -OCH3 is 2. The van der Waals surface area contributed by atoms with Gasteiger partial charge in [0.25, 0.3) is 5.91 Å². The first-order valence-corrected chi connectivity index (χ1v) is 11.4. The van der Waals surface area contributed by atoms with E-state index in [-0.39, 0.29) is 11.3 Å². The number of likely N-dealkylation sites (N-methyl/N-ethyl adjacent to an activating group) is 1. The van der Waals surface area contributed by atoms with Gasteiger partial charge in [0.15, 0.2) is 11.5 Å². The molecule has 1 aliphatic heterocycles. The summed E-state index contributed by atoms with van der Waals surface area (Å²) in [6, 6.07) is 8.06. The fraction of sp³-hybridized carbons (Fsp3) is 0.346. The Hall–Kier alpha value is -3.85. The first-order valence-electron chi connectivity index (χ1n) is 11.4. The van der Waals surface area contributed by atoms with E-state index in [1.807, 2.05) is 33.2 Å². The molecule has 1 fully saturated rings. The average Bonchev–Trinajstić information content (AvgIpc) is 3.31. The van der Waals surface area contributed by atoms with Gasteiger partial charge in [-0.1, -0.05) is 17.9 Å². The second kappa shape index (κ2) is 9.42. The van der Waals surface area contributed by atoms with E-state index in [2.05, 4.69) is 4.98 Å². The molecule has 1 saturated heterocycles. The number of amides is 1. The van der Waals surface area contributed by atoms with Crippen LogP contribution in [0.15, 0.2) is 42.1 Å². The van der Waals surface area contributed by atoms with E-state index in [4.69, 9.17) is 9.47 Å². The zero-order chi connectivity index (χ0) is 25.4. The third-order valence-electron chi connectivity index (χ3n) is 6.34. The maximum atomic E-state index is 14.0. The molecule has 1 aromatic carbocycles. The standard InChI is InChI=1S/C26H30N4O5/c1-15-8-7-11-29-21(16(2)27-25(15)29)23(31)20-22(17-9-10-18(34-5)19(14-17)35-6)30(13-12-28(3)4)26(33)24(20)32/h7-11,14,22,31H,12-13H2,1-6H3/b23-20+. The summed E-state index contributed by atoms with van der Waals surface area (Å²) < 4.78 is 12.5. The number of aryl methyl sites for hydroxylation is 2. The average molecular weight is 479 g/mol. The van der Waals surface area contributed by atoms with Crippen molar-refractivity contribution < 1.29 is 29.1 Å². The first-order chi connectivity index (χ1) is 16.7. The molecular weight excluding hydrogens is 448 g/mol. The lowest BCUT2D eigenvalue weighted by molar-refractivity contribution is -0.857. The maximum absolute atomic E-state index is 14.0. The van der Waals surface area contributed by atoms with Crippen LogP contribution in [0.3, 0.4) is 0 Å². The van der Waals surface area contributed by atoms with Crippen molar-refractivity contribution in [2.45, 2.75) is 19.9 Å². The number of Topliss-reactive ketones (excluding diaryl/α,β-unsaturated/α-hetero) is 1. The number of nitrogens with zero attached hydrogens (tertiary/aromatic N) is 3. The summed E-state index contributed by atoms with van der Waals surface area (Å²) in [7, 11) is 6.98. The Labute approximate surface area is 204 Å². The van der Waals surface area contributed by atoms with Crippen LogP contribution in [0, 0.1) is 13.8 Å². The van der Waals surface area contributed by atoms with Crippen molar-refractivity contribution in [3.8, 4) is 11.5 Å². The smallest absolute Gasteiger partial charge is 0.295 e. The number of hydrogen-bond acceptors (Lipinski definition) is 6. The Morgan fingerprint density at radius 2 is 1.83 bits per heavy atom. The number of ether oxygens (including phenoxy) is 2. The third kappa shape index (κ3) is 4.12. The number of benzene rings is 1. The van der Waals surface area contributed by atoms with Gasteiger partial charge in [-0.2, -0.15) is 0 Å². The van der Waals surface area contributed by atoms with Gasteiger partial charge in [-0.3, -0.25) is 9.59 Å². The van der Waals surface area contributed by atoms with Gasteiger partial charge < -0.3 is 28.8 Å². The van der Waals surface area contributed by atoms with Gasteiger partial charge in [0.1, 0.15) is 5.65 Å². The van der Waals surface area contributed by atoms with E-state index in [1.165, 1.54) is 19.1 Å². The van der Waals surface area contributed by atoms with Gasteiger partial charge in [-0.05, 0) is 43.2 Å². The zero-order valence-corrected chi connectivity index (χ0v) is 20.8. The number of fused-ring (bicyclic) bond motifs is 1. The van der Waals surface area contributed by atoms with Gasteiger partial charge in [0.05, 0.1) is 58.8 Å². The molecule has 184 valence electrons. The number of carbonyl (C=O) groups is 2. The van der Waals surface area contributed by atoms with Crippen molar-refractivity contribution in [2.75, 3.05) is 41.4 Å². The summed E-state index contributed by atoms with van der Waals surface area (Å²) in [5.41, 5.74) is 2.84. The molecule has 0 spiro atoms. The summed E-state index contributed by atoms with van der Waals surface area (Å²) in [6.07, 6.45) is 1.75. The van der Waals surface area contributed by atoms with Crippen molar-refractivity contribution in [2.24, 2.45) is 0 Å². The number of carbonyl (C=O) groups excluding carboxylic acids is 2. The molecule has 1 atom stereocenters. The lowest BCUT2D eigenvalue weighted by atomic mass is 9.96.